The highest BCUT2D eigenvalue weighted by Gasteiger charge is 2.35. The lowest BCUT2D eigenvalue weighted by Gasteiger charge is -2.29. The van der Waals surface area contributed by atoms with Gasteiger partial charge in [-0.1, -0.05) is 0 Å². The van der Waals surface area contributed by atoms with Gasteiger partial charge in [-0.2, -0.15) is 5.26 Å². The molecule has 2 fully saturated rings. The quantitative estimate of drug-likeness (QED) is 0.871. The number of aromatic nitrogens is 3. The van der Waals surface area contributed by atoms with E-state index in [9.17, 15) is 13.6 Å². The summed E-state index contributed by atoms with van der Waals surface area (Å²) < 4.78 is 28.5. The lowest BCUT2D eigenvalue weighted by atomic mass is 9.84. The van der Waals surface area contributed by atoms with E-state index < -0.39 is 5.92 Å². The molecule has 1 amide bonds. The molecule has 2 aromatic rings. The molecule has 2 saturated carbocycles. The Labute approximate surface area is 155 Å². The Balaban J connectivity index is 1.53. The Morgan fingerprint density at radius 2 is 2.00 bits per heavy atom. The maximum absolute atomic E-state index is 13.3. The highest BCUT2D eigenvalue weighted by molar-refractivity contribution is 5.91. The first-order valence-electron chi connectivity index (χ1n) is 9.42. The van der Waals surface area contributed by atoms with Gasteiger partial charge in [-0.05, 0) is 50.2 Å². The summed E-state index contributed by atoms with van der Waals surface area (Å²) in [5, 5.41) is 12.0. The molecule has 142 valence electrons. The van der Waals surface area contributed by atoms with Crippen molar-refractivity contribution in [1.82, 2.24) is 14.5 Å². The second-order valence-corrected chi connectivity index (χ2v) is 7.59. The second kappa shape index (κ2) is 6.87. The highest BCUT2D eigenvalue weighted by Crippen LogP contribution is 2.38. The number of hydrogen-bond acceptors (Lipinski definition) is 4. The molecule has 6 nitrogen and oxygen atoms in total. The molecule has 0 bridgehead atoms. The van der Waals surface area contributed by atoms with Crippen molar-refractivity contribution in [1.29, 1.82) is 5.26 Å². The number of imidazole rings is 1. The topological polar surface area (TPSA) is 83.6 Å². The Hall–Kier alpha value is -2.56. The zero-order valence-electron chi connectivity index (χ0n) is 14.9. The molecule has 1 N–H and O–H groups in total. The Morgan fingerprint density at radius 3 is 2.63 bits per heavy atom. The molecule has 0 aliphatic heterocycles. The van der Waals surface area contributed by atoms with Gasteiger partial charge in [0.05, 0.1) is 0 Å². The number of carbonyl (C=O) groups excluding carboxylic acids is 1. The number of carbonyl (C=O) groups is 1. The third-order valence-corrected chi connectivity index (χ3v) is 5.65. The average Bonchev–Trinajstić information content (AvgIpc) is 2.92. The molecular weight excluding hydrogens is 352 g/mol. The van der Waals surface area contributed by atoms with Crippen LogP contribution in [0.4, 0.5) is 14.7 Å². The monoisotopic (exact) mass is 373 g/mol. The molecule has 4 rings (SSSR count). The van der Waals surface area contributed by atoms with E-state index in [1.54, 1.807) is 12.1 Å². The number of amides is 1. The molecule has 2 aromatic heterocycles. The van der Waals surface area contributed by atoms with Crippen LogP contribution in [0.2, 0.25) is 0 Å². The fourth-order valence-corrected chi connectivity index (χ4v) is 3.86. The number of hydrogen-bond donors (Lipinski definition) is 1. The number of pyridine rings is 1. The third-order valence-electron chi connectivity index (χ3n) is 5.65. The third kappa shape index (κ3) is 3.64. The van der Waals surface area contributed by atoms with Crippen LogP contribution in [-0.2, 0) is 4.79 Å². The first-order valence-corrected chi connectivity index (χ1v) is 9.42. The first kappa shape index (κ1) is 17.8. The van der Waals surface area contributed by atoms with Gasteiger partial charge in [0, 0.05) is 25.3 Å². The molecule has 0 unspecified atom stereocenters. The van der Waals surface area contributed by atoms with Gasteiger partial charge in [0.1, 0.15) is 17.3 Å². The maximum Gasteiger partial charge on any atom is 0.248 e. The van der Waals surface area contributed by atoms with Crippen molar-refractivity contribution in [3.63, 3.8) is 0 Å². The number of nitriles is 1. The van der Waals surface area contributed by atoms with Crippen molar-refractivity contribution in [2.75, 3.05) is 5.32 Å². The standard InChI is InChI=1S/C19H21F2N5O/c20-19(21)8-6-12(7-9-19)10-16(27)25-18-24-15-5-4-13(11-22)23-17(15)26(18)14-2-1-3-14/h4-5,12,14H,1-3,6-10H2,(H,24,25,27). The zero-order valence-corrected chi connectivity index (χ0v) is 14.9. The number of halogens is 2. The molecule has 8 heteroatoms. The van der Waals surface area contributed by atoms with Gasteiger partial charge in [0.25, 0.3) is 0 Å². The molecule has 2 heterocycles. The predicted octanol–water partition coefficient (Wildman–Crippen LogP) is 4.18. The molecule has 2 aliphatic carbocycles. The minimum Gasteiger partial charge on any atom is -0.296 e. The summed E-state index contributed by atoms with van der Waals surface area (Å²) in [5.41, 5.74) is 1.55. The summed E-state index contributed by atoms with van der Waals surface area (Å²) in [5.74, 6) is -2.38. The van der Waals surface area contributed by atoms with Gasteiger partial charge in [-0.15, -0.1) is 0 Å². The summed E-state index contributed by atoms with van der Waals surface area (Å²) in [6.45, 7) is 0. The van der Waals surface area contributed by atoms with E-state index in [4.69, 9.17) is 5.26 Å². The van der Waals surface area contributed by atoms with Crippen molar-refractivity contribution in [3.05, 3.63) is 17.8 Å². The van der Waals surface area contributed by atoms with E-state index in [0.717, 1.165) is 19.3 Å². The average molecular weight is 373 g/mol. The first-order chi connectivity index (χ1) is 12.9. The van der Waals surface area contributed by atoms with Crippen molar-refractivity contribution in [3.8, 4) is 6.07 Å². The summed E-state index contributed by atoms with van der Waals surface area (Å²) >= 11 is 0. The number of rotatable bonds is 4. The number of alkyl halides is 2. The van der Waals surface area contributed by atoms with Crippen LogP contribution < -0.4 is 5.32 Å². The van der Waals surface area contributed by atoms with Crippen molar-refractivity contribution in [2.45, 2.75) is 63.3 Å². The van der Waals surface area contributed by atoms with Gasteiger partial charge in [-0.25, -0.2) is 18.7 Å². The van der Waals surface area contributed by atoms with Crippen molar-refractivity contribution < 1.29 is 13.6 Å². The van der Waals surface area contributed by atoms with E-state index >= 15 is 0 Å². The van der Waals surface area contributed by atoms with Crippen LogP contribution in [0.3, 0.4) is 0 Å². The van der Waals surface area contributed by atoms with E-state index in [1.165, 1.54) is 0 Å². The highest BCUT2D eigenvalue weighted by atomic mass is 19.3. The summed E-state index contributed by atoms with van der Waals surface area (Å²) in [4.78, 5) is 21.3. The molecule has 0 aromatic carbocycles. The van der Waals surface area contributed by atoms with Gasteiger partial charge in [0.2, 0.25) is 17.8 Å². The largest absolute Gasteiger partial charge is 0.296 e. The Morgan fingerprint density at radius 1 is 1.26 bits per heavy atom. The van der Waals surface area contributed by atoms with Crippen molar-refractivity contribution in [2.24, 2.45) is 5.92 Å². The number of nitrogens with one attached hydrogen (secondary N) is 1. The number of nitrogens with zero attached hydrogens (tertiary/aromatic N) is 4. The SMILES string of the molecule is N#Cc1ccc2nc(NC(=O)CC3CCC(F)(F)CC3)n(C3CCC3)c2n1. The van der Waals surface area contributed by atoms with Crippen LogP contribution in [0.1, 0.15) is 63.1 Å². The molecular formula is C19H21F2N5O. The molecule has 27 heavy (non-hydrogen) atoms. The summed E-state index contributed by atoms with van der Waals surface area (Å²) in [6.07, 6.45) is 3.72. The molecule has 0 saturated heterocycles. The van der Waals surface area contributed by atoms with Crippen LogP contribution in [0, 0.1) is 17.2 Å². The minimum atomic E-state index is -2.59. The van der Waals surface area contributed by atoms with Crippen LogP contribution in [0.15, 0.2) is 12.1 Å². The van der Waals surface area contributed by atoms with E-state index in [0.29, 0.717) is 35.6 Å². The van der Waals surface area contributed by atoms with Gasteiger partial charge in [0.15, 0.2) is 5.65 Å². The molecule has 0 radical (unpaired) electrons. The maximum atomic E-state index is 13.3. The fourth-order valence-electron chi connectivity index (χ4n) is 3.86. The van der Waals surface area contributed by atoms with Crippen molar-refractivity contribution >= 4 is 23.0 Å². The molecule has 0 spiro atoms. The zero-order chi connectivity index (χ0) is 19.0. The lowest BCUT2D eigenvalue weighted by molar-refractivity contribution is -0.118. The number of anilines is 1. The number of fused-ring (bicyclic) bond motifs is 1. The normalized spacial score (nSPS) is 20.2. The Bertz CT molecular complexity index is 903. The van der Waals surface area contributed by atoms with Gasteiger partial charge < -0.3 is 0 Å². The van der Waals surface area contributed by atoms with Crippen LogP contribution in [-0.4, -0.2) is 26.4 Å². The van der Waals surface area contributed by atoms with E-state index in [1.807, 2.05) is 10.6 Å². The lowest BCUT2D eigenvalue weighted by Crippen LogP contribution is -2.28. The summed E-state index contributed by atoms with van der Waals surface area (Å²) in [7, 11) is 0. The molecule has 0 atom stereocenters. The fraction of sp³-hybridized carbons (Fsp3) is 0.579. The Kier molecular flexibility index (Phi) is 4.54. The predicted molar refractivity (Wildman–Crippen MR) is 95.3 cm³/mol. The smallest absolute Gasteiger partial charge is 0.248 e. The van der Waals surface area contributed by atoms with E-state index in [-0.39, 0.29) is 37.1 Å². The van der Waals surface area contributed by atoms with Gasteiger partial charge in [-0.3, -0.25) is 14.7 Å². The van der Waals surface area contributed by atoms with Gasteiger partial charge >= 0.3 is 0 Å². The molecule has 2 aliphatic rings. The minimum absolute atomic E-state index is 0.0190. The van der Waals surface area contributed by atoms with Crippen LogP contribution in [0.25, 0.3) is 11.2 Å². The van der Waals surface area contributed by atoms with Crippen LogP contribution in [0.5, 0.6) is 0 Å². The van der Waals surface area contributed by atoms with E-state index in [2.05, 4.69) is 15.3 Å². The second-order valence-electron chi connectivity index (χ2n) is 7.59. The van der Waals surface area contributed by atoms with Crippen LogP contribution >= 0.6 is 0 Å². The summed E-state index contributed by atoms with van der Waals surface area (Å²) in [6, 6.07) is 5.58.